The van der Waals surface area contributed by atoms with Crippen molar-refractivity contribution in [3.8, 4) is 0 Å². The fourth-order valence-electron chi connectivity index (χ4n) is 2.61. The van der Waals surface area contributed by atoms with Gasteiger partial charge in [0, 0.05) is 0 Å². The van der Waals surface area contributed by atoms with E-state index < -0.39 is 5.54 Å². The van der Waals surface area contributed by atoms with E-state index >= 15 is 0 Å². The molecule has 0 aromatic carbocycles. The minimum absolute atomic E-state index is 0.304. The lowest BCUT2D eigenvalue weighted by Crippen LogP contribution is -2.54. The Morgan fingerprint density at radius 3 is 2.82 bits per heavy atom. The third-order valence-electron chi connectivity index (χ3n) is 3.83. The molecule has 1 amide bonds. The van der Waals surface area contributed by atoms with Gasteiger partial charge in [-0.05, 0) is 43.1 Å². The Bertz CT molecular complexity index is 248. The van der Waals surface area contributed by atoms with Crippen molar-refractivity contribution in [2.24, 2.45) is 17.4 Å². The molecule has 0 aromatic heterocycles. The summed E-state index contributed by atoms with van der Waals surface area (Å²) in [4.78, 5) is 11.4. The largest absolute Gasteiger partial charge is 0.368 e. The maximum Gasteiger partial charge on any atom is 0.237 e. The molecule has 2 unspecified atom stereocenters. The molecule has 0 bridgehead atoms. The van der Waals surface area contributed by atoms with Crippen LogP contribution >= 0.6 is 11.8 Å². The van der Waals surface area contributed by atoms with Gasteiger partial charge in [0.1, 0.15) is 0 Å². The van der Waals surface area contributed by atoms with Gasteiger partial charge in [-0.1, -0.05) is 26.2 Å². The highest BCUT2D eigenvalue weighted by Gasteiger charge is 2.43. The monoisotopic (exact) mass is 258 g/mol. The number of rotatable bonds is 8. The lowest BCUT2D eigenvalue weighted by Gasteiger charge is -2.27. The van der Waals surface area contributed by atoms with E-state index in [9.17, 15) is 4.79 Å². The third kappa shape index (κ3) is 4.18. The number of hydrogen-bond donors (Lipinski definition) is 2. The van der Waals surface area contributed by atoms with E-state index in [2.05, 4.69) is 6.92 Å². The van der Waals surface area contributed by atoms with Crippen LogP contribution in [-0.4, -0.2) is 23.0 Å². The van der Waals surface area contributed by atoms with Crippen molar-refractivity contribution in [1.29, 1.82) is 0 Å². The lowest BCUT2D eigenvalue weighted by atomic mass is 9.85. The smallest absolute Gasteiger partial charge is 0.237 e. The SMILES string of the molecule is CCCCCSCCC1CCCC1(N)C(N)=O. The van der Waals surface area contributed by atoms with Crippen molar-refractivity contribution in [3.05, 3.63) is 0 Å². The maximum atomic E-state index is 11.4. The predicted octanol–water partition coefficient (Wildman–Crippen LogP) is 2.28. The van der Waals surface area contributed by atoms with E-state index in [4.69, 9.17) is 11.5 Å². The van der Waals surface area contributed by atoms with E-state index in [0.29, 0.717) is 5.92 Å². The molecule has 1 saturated carbocycles. The molecule has 0 aliphatic heterocycles. The normalized spacial score (nSPS) is 28.5. The van der Waals surface area contributed by atoms with Gasteiger partial charge in [0.25, 0.3) is 0 Å². The molecule has 0 saturated heterocycles. The minimum atomic E-state index is -0.718. The fourth-order valence-corrected chi connectivity index (χ4v) is 3.67. The number of thioether (sulfide) groups is 1. The number of primary amides is 1. The standard InChI is InChI=1S/C13H26N2OS/c1-2-3-4-9-17-10-7-11-6-5-8-13(11,15)12(14)16/h11H,2-10,15H2,1H3,(H2,14,16). The van der Waals surface area contributed by atoms with Crippen molar-refractivity contribution in [3.63, 3.8) is 0 Å². The quantitative estimate of drug-likeness (QED) is 0.656. The first kappa shape index (κ1) is 14.8. The van der Waals surface area contributed by atoms with Crippen LogP contribution in [0.5, 0.6) is 0 Å². The molecule has 4 heteroatoms. The molecule has 0 aromatic rings. The summed E-state index contributed by atoms with van der Waals surface area (Å²) in [5.74, 6) is 2.34. The fraction of sp³-hybridized carbons (Fsp3) is 0.923. The van der Waals surface area contributed by atoms with Gasteiger partial charge in [-0.3, -0.25) is 4.79 Å². The zero-order chi connectivity index (χ0) is 12.7. The summed E-state index contributed by atoms with van der Waals surface area (Å²) >= 11 is 1.98. The summed E-state index contributed by atoms with van der Waals surface area (Å²) in [6.45, 7) is 2.22. The molecule has 1 aliphatic carbocycles. The Kier molecular flexibility index (Phi) is 6.34. The van der Waals surface area contributed by atoms with Gasteiger partial charge >= 0.3 is 0 Å². The van der Waals surface area contributed by atoms with Gasteiger partial charge < -0.3 is 11.5 Å². The summed E-state index contributed by atoms with van der Waals surface area (Å²) in [5.41, 5.74) is 10.8. The molecule has 1 fully saturated rings. The Hall–Kier alpha value is -0.220. The van der Waals surface area contributed by atoms with E-state index in [0.717, 1.165) is 31.4 Å². The first-order chi connectivity index (χ1) is 8.11. The third-order valence-corrected chi connectivity index (χ3v) is 4.93. The van der Waals surface area contributed by atoms with Crippen LogP contribution in [0.1, 0.15) is 51.9 Å². The van der Waals surface area contributed by atoms with Crippen molar-refractivity contribution >= 4 is 17.7 Å². The maximum absolute atomic E-state index is 11.4. The van der Waals surface area contributed by atoms with Crippen LogP contribution in [0.25, 0.3) is 0 Å². The van der Waals surface area contributed by atoms with Gasteiger partial charge in [-0.2, -0.15) is 11.8 Å². The average molecular weight is 258 g/mol. The lowest BCUT2D eigenvalue weighted by molar-refractivity contribution is -0.124. The zero-order valence-corrected chi connectivity index (χ0v) is 11.7. The molecular formula is C13H26N2OS. The topological polar surface area (TPSA) is 69.1 Å². The predicted molar refractivity (Wildman–Crippen MR) is 74.9 cm³/mol. The van der Waals surface area contributed by atoms with E-state index in [1.807, 2.05) is 11.8 Å². The molecule has 17 heavy (non-hydrogen) atoms. The number of carbonyl (C=O) groups is 1. The van der Waals surface area contributed by atoms with Crippen molar-refractivity contribution in [1.82, 2.24) is 0 Å². The van der Waals surface area contributed by atoms with Crippen molar-refractivity contribution in [2.45, 2.75) is 57.4 Å². The van der Waals surface area contributed by atoms with Crippen LogP contribution in [-0.2, 0) is 4.79 Å². The van der Waals surface area contributed by atoms with Crippen LogP contribution in [0.2, 0.25) is 0 Å². The molecule has 1 rings (SSSR count). The van der Waals surface area contributed by atoms with Crippen LogP contribution in [0, 0.1) is 5.92 Å². The molecule has 2 atom stereocenters. The Morgan fingerprint density at radius 2 is 2.18 bits per heavy atom. The highest BCUT2D eigenvalue weighted by molar-refractivity contribution is 7.99. The van der Waals surface area contributed by atoms with Gasteiger partial charge in [0.05, 0.1) is 5.54 Å². The van der Waals surface area contributed by atoms with Crippen molar-refractivity contribution in [2.75, 3.05) is 11.5 Å². The van der Waals surface area contributed by atoms with Gasteiger partial charge in [0.15, 0.2) is 0 Å². The van der Waals surface area contributed by atoms with Crippen LogP contribution in [0.15, 0.2) is 0 Å². The summed E-state index contributed by atoms with van der Waals surface area (Å²) in [5, 5.41) is 0. The number of hydrogen-bond acceptors (Lipinski definition) is 3. The van der Waals surface area contributed by atoms with Crippen LogP contribution in [0.3, 0.4) is 0 Å². The Labute approximate surface area is 109 Å². The van der Waals surface area contributed by atoms with E-state index in [-0.39, 0.29) is 5.91 Å². The van der Waals surface area contributed by atoms with Crippen LogP contribution in [0.4, 0.5) is 0 Å². The van der Waals surface area contributed by atoms with E-state index in [1.165, 1.54) is 25.0 Å². The molecular weight excluding hydrogens is 232 g/mol. The Morgan fingerprint density at radius 1 is 1.41 bits per heavy atom. The molecule has 3 nitrogen and oxygen atoms in total. The highest BCUT2D eigenvalue weighted by atomic mass is 32.2. The number of unbranched alkanes of at least 4 members (excludes halogenated alkanes) is 2. The van der Waals surface area contributed by atoms with Crippen molar-refractivity contribution < 1.29 is 4.79 Å². The number of carbonyl (C=O) groups excluding carboxylic acids is 1. The second-order valence-corrected chi connectivity index (χ2v) is 6.33. The first-order valence-electron chi connectivity index (χ1n) is 6.77. The average Bonchev–Trinajstić information content (AvgIpc) is 2.67. The Balaban J connectivity index is 2.20. The molecule has 0 heterocycles. The first-order valence-corrected chi connectivity index (χ1v) is 7.93. The van der Waals surface area contributed by atoms with Gasteiger partial charge in [-0.15, -0.1) is 0 Å². The number of amides is 1. The van der Waals surface area contributed by atoms with Gasteiger partial charge in [0.2, 0.25) is 5.91 Å². The molecule has 1 aliphatic rings. The summed E-state index contributed by atoms with van der Waals surface area (Å²) in [6.07, 6.45) is 7.81. The van der Waals surface area contributed by atoms with E-state index in [1.54, 1.807) is 0 Å². The summed E-state index contributed by atoms with van der Waals surface area (Å²) in [6, 6.07) is 0. The summed E-state index contributed by atoms with van der Waals surface area (Å²) in [7, 11) is 0. The minimum Gasteiger partial charge on any atom is -0.368 e. The second kappa shape index (κ2) is 7.27. The molecule has 100 valence electrons. The molecule has 0 radical (unpaired) electrons. The molecule has 0 spiro atoms. The summed E-state index contributed by atoms with van der Waals surface area (Å²) < 4.78 is 0. The number of nitrogens with two attached hydrogens (primary N) is 2. The molecule has 4 N–H and O–H groups in total. The van der Waals surface area contributed by atoms with Crippen LogP contribution < -0.4 is 11.5 Å². The van der Waals surface area contributed by atoms with Gasteiger partial charge in [-0.25, -0.2) is 0 Å². The highest BCUT2D eigenvalue weighted by Crippen LogP contribution is 2.36. The zero-order valence-electron chi connectivity index (χ0n) is 10.9. The second-order valence-electron chi connectivity index (χ2n) is 5.10.